The van der Waals surface area contributed by atoms with Crippen LogP contribution >= 0.6 is 0 Å². The van der Waals surface area contributed by atoms with Crippen molar-refractivity contribution in [2.75, 3.05) is 0 Å². The fourth-order valence-corrected chi connectivity index (χ4v) is 2.19. The molecule has 0 bridgehead atoms. The van der Waals surface area contributed by atoms with Gasteiger partial charge in [0, 0.05) is 12.0 Å². The molecule has 0 heterocycles. The van der Waals surface area contributed by atoms with Crippen LogP contribution in [0.25, 0.3) is 0 Å². The Morgan fingerprint density at radius 3 is 2.26 bits per heavy atom. The summed E-state index contributed by atoms with van der Waals surface area (Å²) >= 11 is 0. The number of ketones is 1. The summed E-state index contributed by atoms with van der Waals surface area (Å²) in [7, 11) is 0. The van der Waals surface area contributed by atoms with Crippen LogP contribution in [-0.4, -0.2) is 5.78 Å². The van der Waals surface area contributed by atoms with Gasteiger partial charge >= 0.3 is 0 Å². The molecule has 0 aliphatic heterocycles. The van der Waals surface area contributed by atoms with Gasteiger partial charge < -0.3 is 0 Å². The molecule has 0 atom stereocenters. The molecule has 104 valence electrons. The van der Waals surface area contributed by atoms with Gasteiger partial charge in [-0.2, -0.15) is 0 Å². The van der Waals surface area contributed by atoms with Gasteiger partial charge in [-0.3, -0.25) is 4.79 Å². The molecule has 1 nitrogen and oxygen atoms in total. The maximum atomic E-state index is 11.8. The molecular formula is C18H26O. The Morgan fingerprint density at radius 2 is 1.58 bits per heavy atom. The molecule has 0 saturated carbocycles. The molecule has 0 N–H and O–H groups in total. The number of allylic oxidation sites excluding steroid dienone is 2. The Balaban J connectivity index is 1.98. The summed E-state index contributed by atoms with van der Waals surface area (Å²) in [4.78, 5) is 11.8. The molecule has 0 unspecified atom stereocenters. The minimum absolute atomic E-state index is 0.286. The van der Waals surface area contributed by atoms with E-state index < -0.39 is 0 Å². The van der Waals surface area contributed by atoms with Crippen LogP contribution < -0.4 is 0 Å². The van der Waals surface area contributed by atoms with Crippen LogP contribution in [0, 0.1) is 0 Å². The summed E-state index contributed by atoms with van der Waals surface area (Å²) in [5.41, 5.74) is 0.855. The molecule has 1 rings (SSSR count). The van der Waals surface area contributed by atoms with E-state index >= 15 is 0 Å². The molecule has 0 radical (unpaired) electrons. The number of carbonyl (C=O) groups excluding carboxylic acids is 1. The Bertz CT molecular complexity index is 365. The van der Waals surface area contributed by atoms with Gasteiger partial charge in [-0.1, -0.05) is 68.2 Å². The maximum Gasteiger partial charge on any atom is 0.162 e. The van der Waals surface area contributed by atoms with Gasteiger partial charge in [0.25, 0.3) is 0 Å². The smallest absolute Gasteiger partial charge is 0.162 e. The van der Waals surface area contributed by atoms with Gasteiger partial charge in [0.2, 0.25) is 0 Å². The number of hydrogen-bond acceptors (Lipinski definition) is 1. The minimum atomic E-state index is 0.286. The maximum absolute atomic E-state index is 11.8. The second-order valence-corrected chi connectivity index (χ2v) is 5.02. The van der Waals surface area contributed by atoms with Crippen LogP contribution in [0.15, 0.2) is 42.5 Å². The van der Waals surface area contributed by atoms with Gasteiger partial charge in [0.05, 0.1) is 0 Å². The number of rotatable bonds is 10. The van der Waals surface area contributed by atoms with Crippen LogP contribution in [0.1, 0.15) is 68.6 Å². The van der Waals surface area contributed by atoms with Gasteiger partial charge in [-0.25, -0.2) is 0 Å². The fourth-order valence-electron chi connectivity index (χ4n) is 2.19. The summed E-state index contributed by atoms with van der Waals surface area (Å²) in [5.74, 6) is 0.286. The zero-order chi connectivity index (χ0) is 13.8. The molecule has 19 heavy (non-hydrogen) atoms. The summed E-state index contributed by atoms with van der Waals surface area (Å²) in [6.07, 6.45) is 13.7. The first kappa shape index (κ1) is 15.7. The van der Waals surface area contributed by atoms with Crippen molar-refractivity contribution in [1.29, 1.82) is 0 Å². The molecule has 0 amide bonds. The van der Waals surface area contributed by atoms with Gasteiger partial charge in [-0.05, 0) is 26.2 Å². The molecule has 1 aromatic carbocycles. The topological polar surface area (TPSA) is 17.1 Å². The highest BCUT2D eigenvalue weighted by Gasteiger charge is 2.03. The normalized spacial score (nSPS) is 11.0. The monoisotopic (exact) mass is 258 g/mol. The van der Waals surface area contributed by atoms with Crippen LogP contribution in [-0.2, 0) is 0 Å². The predicted molar refractivity (Wildman–Crippen MR) is 82.5 cm³/mol. The third-order valence-electron chi connectivity index (χ3n) is 3.36. The third kappa shape index (κ3) is 7.61. The van der Waals surface area contributed by atoms with Crippen molar-refractivity contribution < 1.29 is 4.79 Å². The Hall–Kier alpha value is -1.37. The van der Waals surface area contributed by atoms with E-state index in [1.807, 2.05) is 30.3 Å². The van der Waals surface area contributed by atoms with E-state index in [9.17, 15) is 4.79 Å². The largest absolute Gasteiger partial charge is 0.294 e. The van der Waals surface area contributed by atoms with Crippen molar-refractivity contribution in [3.8, 4) is 0 Å². The number of carbonyl (C=O) groups is 1. The quantitative estimate of drug-likeness (QED) is 0.305. The molecule has 1 heteroatoms. The number of benzene rings is 1. The Morgan fingerprint density at radius 1 is 0.947 bits per heavy atom. The lowest BCUT2D eigenvalue weighted by Crippen LogP contribution is -1.98. The van der Waals surface area contributed by atoms with E-state index in [-0.39, 0.29) is 5.78 Å². The lowest BCUT2D eigenvalue weighted by Gasteiger charge is -2.02. The lowest BCUT2D eigenvalue weighted by atomic mass is 10.0. The van der Waals surface area contributed by atoms with E-state index in [4.69, 9.17) is 0 Å². The molecule has 0 saturated heterocycles. The second kappa shape index (κ2) is 10.5. The molecule has 0 aromatic heterocycles. The standard InChI is InChI=1S/C18H26O/c1-2-3-4-5-6-7-8-9-13-16-18(19)17-14-11-10-12-15-17/h2-3,10-12,14-15H,4-9,13,16H2,1H3/b3-2-. The van der Waals surface area contributed by atoms with Gasteiger partial charge in [0.1, 0.15) is 0 Å². The van der Waals surface area contributed by atoms with Gasteiger partial charge in [0.15, 0.2) is 5.78 Å². The summed E-state index contributed by atoms with van der Waals surface area (Å²) in [6, 6.07) is 9.62. The van der Waals surface area contributed by atoms with Crippen molar-refractivity contribution in [1.82, 2.24) is 0 Å². The van der Waals surface area contributed by atoms with Crippen LogP contribution in [0.5, 0.6) is 0 Å². The summed E-state index contributed by atoms with van der Waals surface area (Å²) in [6.45, 7) is 2.07. The van der Waals surface area contributed by atoms with E-state index in [1.165, 1.54) is 38.5 Å². The highest BCUT2D eigenvalue weighted by Crippen LogP contribution is 2.11. The Kier molecular flexibility index (Phi) is 8.70. The minimum Gasteiger partial charge on any atom is -0.294 e. The van der Waals surface area contributed by atoms with E-state index in [0.29, 0.717) is 6.42 Å². The highest BCUT2D eigenvalue weighted by molar-refractivity contribution is 5.95. The van der Waals surface area contributed by atoms with Gasteiger partial charge in [-0.15, -0.1) is 0 Å². The average molecular weight is 258 g/mol. The number of Topliss-reactive ketones (excluding diaryl/α,β-unsaturated/α-hetero) is 1. The van der Waals surface area contributed by atoms with Crippen molar-refractivity contribution in [2.45, 2.75) is 58.3 Å². The van der Waals surface area contributed by atoms with Crippen molar-refractivity contribution in [2.24, 2.45) is 0 Å². The molecular weight excluding hydrogens is 232 g/mol. The Labute approximate surface area is 117 Å². The molecule has 1 aromatic rings. The number of unbranched alkanes of at least 4 members (excludes halogenated alkanes) is 6. The second-order valence-electron chi connectivity index (χ2n) is 5.02. The highest BCUT2D eigenvalue weighted by atomic mass is 16.1. The van der Waals surface area contributed by atoms with Crippen molar-refractivity contribution >= 4 is 5.78 Å². The van der Waals surface area contributed by atoms with E-state index in [0.717, 1.165) is 12.0 Å². The molecule has 0 aliphatic carbocycles. The molecule has 0 fully saturated rings. The predicted octanol–water partition coefficient (Wildman–Crippen LogP) is 5.57. The van der Waals surface area contributed by atoms with Crippen molar-refractivity contribution in [3.63, 3.8) is 0 Å². The third-order valence-corrected chi connectivity index (χ3v) is 3.36. The van der Waals surface area contributed by atoms with Crippen LogP contribution in [0.2, 0.25) is 0 Å². The number of hydrogen-bond donors (Lipinski definition) is 0. The fraction of sp³-hybridized carbons (Fsp3) is 0.500. The first-order valence-electron chi connectivity index (χ1n) is 7.54. The lowest BCUT2D eigenvalue weighted by molar-refractivity contribution is 0.0979. The summed E-state index contributed by atoms with van der Waals surface area (Å²) in [5, 5.41) is 0. The van der Waals surface area contributed by atoms with Crippen LogP contribution in [0.3, 0.4) is 0 Å². The van der Waals surface area contributed by atoms with E-state index in [2.05, 4.69) is 19.1 Å². The zero-order valence-electron chi connectivity index (χ0n) is 12.1. The molecule has 0 spiro atoms. The van der Waals surface area contributed by atoms with Crippen molar-refractivity contribution in [3.05, 3.63) is 48.0 Å². The first-order valence-corrected chi connectivity index (χ1v) is 7.54. The zero-order valence-corrected chi connectivity index (χ0v) is 12.1. The van der Waals surface area contributed by atoms with E-state index in [1.54, 1.807) is 0 Å². The SMILES string of the molecule is C/C=C\CCCCCCCCC(=O)c1ccccc1. The van der Waals surface area contributed by atoms with Crippen LogP contribution in [0.4, 0.5) is 0 Å². The molecule has 0 aliphatic rings. The average Bonchev–Trinajstić information content (AvgIpc) is 2.46. The summed E-state index contributed by atoms with van der Waals surface area (Å²) < 4.78 is 0. The first-order chi connectivity index (χ1) is 9.34.